The summed E-state index contributed by atoms with van der Waals surface area (Å²) in [6, 6.07) is 5.56. The molecule has 1 saturated heterocycles. The highest BCUT2D eigenvalue weighted by molar-refractivity contribution is 6.13. The van der Waals surface area contributed by atoms with Crippen LogP contribution in [-0.2, 0) is 16.9 Å². The van der Waals surface area contributed by atoms with Crippen LogP contribution in [-0.4, -0.2) is 28.6 Å². The van der Waals surface area contributed by atoms with Crippen molar-refractivity contribution in [1.29, 1.82) is 0 Å². The second kappa shape index (κ2) is 3.66. The van der Waals surface area contributed by atoms with Gasteiger partial charge in [-0.25, -0.2) is 14.1 Å². The standard InChI is InChI=1S/C11H9BFN3O/c12-10-11(17-10,5-16-7-14-6-15-16)8-2-1-3-9(13)4-8/h1-4,6-7,10H,5H2/i7D. The molecule has 0 aliphatic carbocycles. The van der Waals surface area contributed by atoms with Gasteiger partial charge in [0.2, 0.25) is 0 Å². The zero-order chi connectivity index (χ0) is 12.8. The molecule has 6 heteroatoms. The second-order valence-corrected chi connectivity index (χ2v) is 3.96. The van der Waals surface area contributed by atoms with Crippen LogP contribution in [0.4, 0.5) is 4.39 Å². The number of ether oxygens (including phenoxy) is 1. The Morgan fingerprint density at radius 3 is 3.06 bits per heavy atom. The Bertz CT molecular complexity index is 593. The molecule has 0 spiro atoms. The van der Waals surface area contributed by atoms with E-state index in [0.717, 1.165) is 0 Å². The molecule has 84 valence electrons. The molecule has 2 aromatic rings. The van der Waals surface area contributed by atoms with E-state index in [4.69, 9.17) is 14.0 Å². The third-order valence-corrected chi connectivity index (χ3v) is 2.86. The maximum absolute atomic E-state index is 13.2. The van der Waals surface area contributed by atoms with Gasteiger partial charge < -0.3 is 4.74 Å². The fourth-order valence-electron chi connectivity index (χ4n) is 1.90. The van der Waals surface area contributed by atoms with Crippen LogP contribution in [0.5, 0.6) is 0 Å². The number of rotatable bonds is 3. The van der Waals surface area contributed by atoms with Crippen molar-refractivity contribution in [2.24, 2.45) is 0 Å². The summed E-state index contributed by atoms with van der Waals surface area (Å²) in [4.78, 5) is 3.71. The van der Waals surface area contributed by atoms with Crippen molar-refractivity contribution < 1.29 is 10.5 Å². The Hall–Kier alpha value is -1.69. The summed E-state index contributed by atoms with van der Waals surface area (Å²) in [6.45, 7) is 0.246. The van der Waals surface area contributed by atoms with E-state index in [1.807, 2.05) is 0 Å². The van der Waals surface area contributed by atoms with Gasteiger partial charge >= 0.3 is 0 Å². The fraction of sp³-hybridized carbons (Fsp3) is 0.273. The number of hydrogen-bond donors (Lipinski definition) is 0. The normalized spacial score (nSPS) is 27.8. The van der Waals surface area contributed by atoms with Crippen molar-refractivity contribution in [3.05, 3.63) is 48.3 Å². The van der Waals surface area contributed by atoms with Gasteiger partial charge in [-0.3, -0.25) is 0 Å². The monoisotopic (exact) mass is 230 g/mol. The van der Waals surface area contributed by atoms with Crippen molar-refractivity contribution in [3.63, 3.8) is 0 Å². The molecule has 0 amide bonds. The molecular weight excluding hydrogens is 220 g/mol. The molecule has 0 bridgehead atoms. The predicted molar refractivity (Wildman–Crippen MR) is 58.7 cm³/mol. The number of aromatic nitrogens is 3. The highest BCUT2D eigenvalue weighted by Gasteiger charge is 2.54. The molecule has 2 heterocycles. The van der Waals surface area contributed by atoms with Gasteiger partial charge in [0.25, 0.3) is 0 Å². The molecule has 1 aromatic heterocycles. The van der Waals surface area contributed by atoms with Crippen LogP contribution in [0.25, 0.3) is 0 Å². The molecule has 1 aliphatic heterocycles. The molecule has 4 nitrogen and oxygen atoms in total. The summed E-state index contributed by atoms with van der Waals surface area (Å²) in [7, 11) is 5.78. The van der Waals surface area contributed by atoms with Gasteiger partial charge in [0.15, 0.2) is 0 Å². The minimum absolute atomic E-state index is 0.0217. The molecule has 17 heavy (non-hydrogen) atoms. The lowest BCUT2D eigenvalue weighted by molar-refractivity contribution is 0.266. The minimum Gasteiger partial charge on any atom is -0.370 e. The third-order valence-electron chi connectivity index (χ3n) is 2.86. The number of nitrogens with zero attached hydrogens (tertiary/aromatic N) is 3. The van der Waals surface area contributed by atoms with Crippen molar-refractivity contribution >= 4 is 7.85 Å². The Kier molecular flexibility index (Phi) is 2.02. The predicted octanol–water partition coefficient (Wildman–Crippen LogP) is 0.837. The molecule has 2 unspecified atom stereocenters. The van der Waals surface area contributed by atoms with Gasteiger partial charge in [-0.05, 0) is 17.7 Å². The number of benzene rings is 1. The van der Waals surface area contributed by atoms with Gasteiger partial charge in [0, 0.05) is 0 Å². The lowest BCUT2D eigenvalue weighted by Crippen LogP contribution is -2.21. The summed E-state index contributed by atoms with van der Waals surface area (Å²) in [5.74, 6) is -0.348. The molecule has 0 saturated carbocycles. The summed E-state index contributed by atoms with van der Waals surface area (Å²) in [5, 5.41) is 3.91. The molecule has 1 fully saturated rings. The Balaban J connectivity index is 1.94. The van der Waals surface area contributed by atoms with Crippen LogP contribution < -0.4 is 0 Å². The number of epoxide rings is 1. The first kappa shape index (κ1) is 9.36. The summed E-state index contributed by atoms with van der Waals surface area (Å²) < 4.78 is 27.6. The van der Waals surface area contributed by atoms with Gasteiger partial charge in [-0.1, -0.05) is 12.1 Å². The first-order valence-corrected chi connectivity index (χ1v) is 5.16. The maximum Gasteiger partial charge on any atom is 0.137 e. The summed E-state index contributed by atoms with van der Waals surface area (Å²) in [5.41, 5.74) is -0.170. The number of hydrogen-bond acceptors (Lipinski definition) is 3. The van der Waals surface area contributed by atoms with Crippen molar-refractivity contribution in [3.8, 4) is 0 Å². The molecule has 1 aliphatic rings. The largest absolute Gasteiger partial charge is 0.370 e. The van der Waals surface area contributed by atoms with Crippen LogP contribution in [0.1, 0.15) is 6.93 Å². The third kappa shape index (κ3) is 1.74. The number of halogens is 1. The molecule has 3 rings (SSSR count). The van der Waals surface area contributed by atoms with E-state index in [9.17, 15) is 4.39 Å². The quantitative estimate of drug-likeness (QED) is 0.579. The van der Waals surface area contributed by atoms with E-state index in [1.54, 1.807) is 12.1 Å². The van der Waals surface area contributed by atoms with Crippen LogP contribution >= 0.6 is 0 Å². The maximum atomic E-state index is 13.2. The highest BCUT2D eigenvalue weighted by Crippen LogP contribution is 2.45. The Labute approximate surface area is 100 Å². The fourth-order valence-corrected chi connectivity index (χ4v) is 1.90. The zero-order valence-electron chi connectivity index (χ0n) is 9.88. The topological polar surface area (TPSA) is 43.2 Å². The van der Waals surface area contributed by atoms with E-state index in [0.29, 0.717) is 5.56 Å². The Morgan fingerprint density at radius 2 is 2.47 bits per heavy atom. The average Bonchev–Trinajstić information content (AvgIpc) is 2.82. The second-order valence-electron chi connectivity index (χ2n) is 3.96. The molecule has 0 N–H and O–H groups in total. The lowest BCUT2D eigenvalue weighted by atomic mass is 9.85. The van der Waals surface area contributed by atoms with Crippen LogP contribution in [0.15, 0.2) is 36.9 Å². The van der Waals surface area contributed by atoms with E-state index < -0.39 is 11.6 Å². The SMILES string of the molecule is [2H]c1ncnn1CC1(c2cccc(F)c2)OC1[B]. The van der Waals surface area contributed by atoms with E-state index >= 15 is 0 Å². The van der Waals surface area contributed by atoms with Gasteiger partial charge in [-0.2, -0.15) is 5.10 Å². The highest BCUT2D eigenvalue weighted by atomic mass is 19.1. The van der Waals surface area contributed by atoms with Crippen LogP contribution in [0, 0.1) is 5.82 Å². The van der Waals surface area contributed by atoms with Crippen molar-refractivity contribution in [1.82, 2.24) is 14.8 Å². The molecule has 2 atom stereocenters. The lowest BCUT2D eigenvalue weighted by Gasteiger charge is -2.13. The average molecular weight is 230 g/mol. The summed E-state index contributed by atoms with van der Waals surface area (Å²) >= 11 is 0. The smallest absolute Gasteiger partial charge is 0.137 e. The van der Waals surface area contributed by atoms with Crippen LogP contribution in [0.3, 0.4) is 0 Å². The minimum atomic E-state index is -0.814. The first-order valence-electron chi connectivity index (χ1n) is 5.66. The first-order chi connectivity index (χ1) is 8.62. The molecule has 1 aromatic carbocycles. The van der Waals surface area contributed by atoms with Crippen molar-refractivity contribution in [2.45, 2.75) is 18.1 Å². The van der Waals surface area contributed by atoms with Crippen LogP contribution in [0.2, 0.25) is 0 Å². The summed E-state index contributed by atoms with van der Waals surface area (Å²) in [6.07, 6.45) is 1.31. The van der Waals surface area contributed by atoms with E-state index in [1.165, 1.54) is 23.1 Å². The van der Waals surface area contributed by atoms with Gasteiger partial charge in [0.05, 0.1) is 12.5 Å². The Morgan fingerprint density at radius 1 is 1.65 bits per heavy atom. The molecular formula is C11H9BFN3O. The van der Waals surface area contributed by atoms with E-state index in [-0.39, 0.29) is 18.7 Å². The molecule has 2 radical (unpaired) electrons. The van der Waals surface area contributed by atoms with E-state index in [2.05, 4.69) is 10.1 Å². The van der Waals surface area contributed by atoms with Gasteiger partial charge in [-0.15, -0.1) is 0 Å². The van der Waals surface area contributed by atoms with Gasteiger partial charge in [0.1, 0.15) is 33.3 Å². The zero-order valence-corrected chi connectivity index (χ0v) is 8.88. The van der Waals surface area contributed by atoms with Crippen molar-refractivity contribution in [2.75, 3.05) is 0 Å².